The van der Waals surface area contributed by atoms with E-state index in [0.29, 0.717) is 33.9 Å². The average Bonchev–Trinajstić information content (AvgIpc) is 3.23. The van der Waals surface area contributed by atoms with Gasteiger partial charge in [0.05, 0.1) is 36.9 Å². The van der Waals surface area contributed by atoms with Gasteiger partial charge in [0, 0.05) is 47.3 Å². The molecule has 1 aliphatic rings. The second kappa shape index (κ2) is 8.17. The Hall–Kier alpha value is -2.75. The van der Waals surface area contributed by atoms with Crippen LogP contribution in [0.1, 0.15) is 12.0 Å². The van der Waals surface area contributed by atoms with E-state index in [9.17, 15) is 5.26 Å². The second-order valence-corrected chi connectivity index (χ2v) is 7.98. The van der Waals surface area contributed by atoms with Crippen molar-refractivity contribution in [2.75, 3.05) is 32.2 Å². The smallest absolute Gasteiger partial charge is 0.141 e. The van der Waals surface area contributed by atoms with Crippen LogP contribution in [-0.2, 0) is 0 Å². The fourth-order valence-electron chi connectivity index (χ4n) is 3.90. The van der Waals surface area contributed by atoms with E-state index in [4.69, 9.17) is 37.7 Å². The molecule has 6 nitrogen and oxygen atoms in total. The maximum Gasteiger partial charge on any atom is 0.141 e. The third-order valence-electron chi connectivity index (χ3n) is 5.47. The molecule has 1 aliphatic heterocycles. The first-order valence-corrected chi connectivity index (χ1v) is 10.2. The lowest BCUT2D eigenvalue weighted by atomic mass is 10.0. The third-order valence-corrected chi connectivity index (χ3v) is 6.05. The zero-order chi connectivity index (χ0) is 21.4. The number of fused-ring (bicyclic) bond motifs is 1. The predicted molar refractivity (Wildman–Crippen MR) is 119 cm³/mol. The minimum Gasteiger partial charge on any atom is -0.496 e. The highest BCUT2D eigenvalue weighted by Gasteiger charge is 2.26. The van der Waals surface area contributed by atoms with Gasteiger partial charge in [-0.15, -0.1) is 0 Å². The summed E-state index contributed by atoms with van der Waals surface area (Å²) in [4.78, 5) is 11.3. The van der Waals surface area contributed by atoms with Gasteiger partial charge < -0.3 is 14.4 Å². The molecule has 1 unspecified atom stereocenters. The molecule has 154 valence electrons. The van der Waals surface area contributed by atoms with Crippen LogP contribution >= 0.6 is 23.2 Å². The van der Waals surface area contributed by atoms with E-state index in [-0.39, 0.29) is 5.92 Å². The Bertz CT molecular complexity index is 1150. The summed E-state index contributed by atoms with van der Waals surface area (Å²) in [6, 6.07) is 7.87. The zero-order valence-electron chi connectivity index (χ0n) is 16.9. The zero-order valence-corrected chi connectivity index (χ0v) is 18.4. The van der Waals surface area contributed by atoms with E-state index in [1.54, 1.807) is 26.5 Å². The van der Waals surface area contributed by atoms with Crippen LogP contribution in [0.2, 0.25) is 10.2 Å². The van der Waals surface area contributed by atoms with Gasteiger partial charge in [0.15, 0.2) is 0 Å². The van der Waals surface area contributed by atoms with Crippen molar-refractivity contribution >= 4 is 39.8 Å². The molecule has 8 heteroatoms. The number of halogens is 2. The number of aromatic nitrogens is 2. The number of nitrogens with zero attached hydrogens (tertiary/aromatic N) is 4. The minimum atomic E-state index is -0.0231. The lowest BCUT2D eigenvalue weighted by molar-refractivity contribution is 0.393. The molecule has 1 saturated heterocycles. The number of hydrogen-bond donors (Lipinski definition) is 0. The molecule has 3 heterocycles. The van der Waals surface area contributed by atoms with Gasteiger partial charge in [0.1, 0.15) is 22.5 Å². The van der Waals surface area contributed by atoms with Crippen LogP contribution < -0.4 is 14.4 Å². The quantitative estimate of drug-likeness (QED) is 0.511. The van der Waals surface area contributed by atoms with Gasteiger partial charge in [-0.1, -0.05) is 23.2 Å². The Morgan fingerprint density at radius 2 is 1.93 bits per heavy atom. The molecule has 0 bridgehead atoms. The summed E-state index contributed by atoms with van der Waals surface area (Å²) in [5.74, 6) is 1.92. The van der Waals surface area contributed by atoms with Crippen molar-refractivity contribution < 1.29 is 9.47 Å². The summed E-state index contributed by atoms with van der Waals surface area (Å²) in [6.45, 7) is 3.31. The highest BCUT2D eigenvalue weighted by Crippen LogP contribution is 2.44. The van der Waals surface area contributed by atoms with E-state index < -0.39 is 0 Å². The highest BCUT2D eigenvalue weighted by molar-refractivity contribution is 6.35. The Labute approximate surface area is 185 Å². The van der Waals surface area contributed by atoms with Crippen LogP contribution in [0.4, 0.5) is 5.82 Å². The molecule has 0 saturated carbocycles. The number of pyridine rings is 2. The third kappa shape index (κ3) is 3.49. The molecule has 1 fully saturated rings. The number of nitriles is 1. The minimum absolute atomic E-state index is 0.0231. The maximum absolute atomic E-state index is 9.34. The molecule has 2 aromatic heterocycles. The van der Waals surface area contributed by atoms with E-state index in [1.807, 2.05) is 19.1 Å². The van der Waals surface area contributed by atoms with Crippen molar-refractivity contribution in [1.82, 2.24) is 9.97 Å². The molecule has 0 N–H and O–H groups in total. The standard InChI is InChI=1S/C22H20Cl2N4O2/c1-12-17(29-2)8-18(30-3)21(24)20(12)16-6-14-10-26-19(23)7-15(14)22(27-16)28-5-4-13(9-25)11-28/h6-8,10,13H,4-5,11H2,1-3H3. The molecular formula is C22H20Cl2N4O2. The normalized spacial score (nSPS) is 16.0. The first-order valence-electron chi connectivity index (χ1n) is 9.49. The lowest BCUT2D eigenvalue weighted by Crippen LogP contribution is -2.21. The van der Waals surface area contributed by atoms with Gasteiger partial charge in [0.25, 0.3) is 0 Å². The average molecular weight is 443 g/mol. The van der Waals surface area contributed by atoms with Crippen molar-refractivity contribution in [2.45, 2.75) is 13.3 Å². The van der Waals surface area contributed by atoms with Crippen LogP contribution in [0.25, 0.3) is 22.0 Å². The SMILES string of the molecule is COc1cc(OC)c(Cl)c(-c2cc3cnc(Cl)cc3c(N3CCC(C#N)C3)n2)c1C. The molecule has 3 aromatic rings. The largest absolute Gasteiger partial charge is 0.496 e. The van der Waals surface area contributed by atoms with Crippen molar-refractivity contribution in [2.24, 2.45) is 5.92 Å². The van der Waals surface area contributed by atoms with Gasteiger partial charge in [-0.3, -0.25) is 0 Å². The number of benzene rings is 1. The Morgan fingerprint density at radius 1 is 1.17 bits per heavy atom. The fraction of sp³-hybridized carbons (Fsp3) is 0.318. The van der Waals surface area contributed by atoms with Gasteiger partial charge in [0.2, 0.25) is 0 Å². The van der Waals surface area contributed by atoms with Gasteiger partial charge in [-0.2, -0.15) is 5.26 Å². The molecule has 1 atom stereocenters. The Balaban J connectivity index is 1.98. The molecular weight excluding hydrogens is 423 g/mol. The van der Waals surface area contributed by atoms with Crippen LogP contribution in [0, 0.1) is 24.2 Å². The molecule has 0 radical (unpaired) electrons. The lowest BCUT2D eigenvalue weighted by Gasteiger charge is -2.21. The fourth-order valence-corrected chi connectivity index (χ4v) is 4.43. The summed E-state index contributed by atoms with van der Waals surface area (Å²) < 4.78 is 11.0. The first-order chi connectivity index (χ1) is 14.5. The van der Waals surface area contributed by atoms with Gasteiger partial charge in [-0.05, 0) is 25.5 Å². The second-order valence-electron chi connectivity index (χ2n) is 7.22. The van der Waals surface area contributed by atoms with Crippen LogP contribution in [-0.4, -0.2) is 37.3 Å². The number of anilines is 1. The van der Waals surface area contributed by atoms with Crippen LogP contribution in [0.3, 0.4) is 0 Å². The van der Waals surface area contributed by atoms with E-state index >= 15 is 0 Å². The number of ether oxygens (including phenoxy) is 2. The predicted octanol–water partition coefficient (Wildman–Crippen LogP) is 5.28. The summed E-state index contributed by atoms with van der Waals surface area (Å²) in [5, 5.41) is 12.0. The van der Waals surface area contributed by atoms with Crippen molar-refractivity contribution in [3.8, 4) is 28.8 Å². The van der Waals surface area contributed by atoms with Gasteiger partial charge in [-0.25, -0.2) is 9.97 Å². The van der Waals surface area contributed by atoms with Crippen LogP contribution in [0.15, 0.2) is 24.4 Å². The topological polar surface area (TPSA) is 71.3 Å². The number of hydrogen-bond acceptors (Lipinski definition) is 6. The first kappa shape index (κ1) is 20.5. The molecule has 0 spiro atoms. The van der Waals surface area contributed by atoms with E-state index in [2.05, 4.69) is 16.0 Å². The Morgan fingerprint density at radius 3 is 2.60 bits per heavy atom. The molecule has 0 amide bonds. The molecule has 1 aromatic carbocycles. The van der Waals surface area contributed by atoms with Crippen LogP contribution in [0.5, 0.6) is 11.5 Å². The molecule has 30 heavy (non-hydrogen) atoms. The van der Waals surface area contributed by atoms with Crippen molar-refractivity contribution in [3.05, 3.63) is 40.1 Å². The Kier molecular flexibility index (Phi) is 5.59. The highest BCUT2D eigenvalue weighted by atomic mass is 35.5. The maximum atomic E-state index is 9.34. The number of methoxy groups -OCH3 is 2. The summed E-state index contributed by atoms with van der Waals surface area (Å²) >= 11 is 12.9. The molecule has 0 aliphatic carbocycles. The van der Waals surface area contributed by atoms with Crippen molar-refractivity contribution in [3.63, 3.8) is 0 Å². The summed E-state index contributed by atoms with van der Waals surface area (Å²) in [7, 11) is 3.17. The monoisotopic (exact) mass is 442 g/mol. The van der Waals surface area contributed by atoms with Crippen molar-refractivity contribution in [1.29, 1.82) is 5.26 Å². The summed E-state index contributed by atoms with van der Waals surface area (Å²) in [6.07, 6.45) is 2.53. The van der Waals surface area contributed by atoms with E-state index in [0.717, 1.165) is 40.7 Å². The summed E-state index contributed by atoms with van der Waals surface area (Å²) in [5.41, 5.74) is 2.28. The van der Waals surface area contributed by atoms with Gasteiger partial charge >= 0.3 is 0 Å². The molecule has 4 rings (SSSR count). The van der Waals surface area contributed by atoms with E-state index in [1.165, 1.54) is 0 Å². The number of rotatable bonds is 4.